The molecule has 1 aliphatic carbocycles. The Morgan fingerprint density at radius 3 is 2.54 bits per heavy atom. The Hall–Kier alpha value is -2.20. The van der Waals surface area contributed by atoms with Crippen LogP contribution < -0.4 is 0 Å². The molecule has 0 fully saturated rings. The molecule has 1 aromatic carbocycles. The second kappa shape index (κ2) is 7.14. The third-order valence-corrected chi connectivity index (χ3v) is 4.81. The van der Waals surface area contributed by atoms with Crippen molar-refractivity contribution in [2.24, 2.45) is 5.92 Å². The zero-order valence-corrected chi connectivity index (χ0v) is 16.0. The Kier molecular flexibility index (Phi) is 5.39. The smallest absolute Gasteiger partial charge is 0.129 e. The molecule has 2 nitrogen and oxygen atoms in total. The first-order valence-electron chi connectivity index (χ1n) is 7.94. The molecule has 0 aromatic heterocycles. The standard InChI is InChI=1S/C21H24O2Si/c1-7-18-16-20(22-2)11-13-21(18,23-3)19-10-8-9-17(15-19)12-14-24(4,5)6/h1,8-11,13,15-16,18H,2-6H3. The van der Waals surface area contributed by atoms with Crippen molar-refractivity contribution < 1.29 is 9.47 Å². The van der Waals surface area contributed by atoms with E-state index in [2.05, 4.69) is 43.1 Å². The first-order valence-corrected chi connectivity index (χ1v) is 11.4. The second-order valence-electron chi connectivity index (χ2n) is 6.83. The Balaban J connectivity index is 2.49. The maximum atomic E-state index is 5.89. The summed E-state index contributed by atoms with van der Waals surface area (Å²) in [6.45, 7) is 6.70. The van der Waals surface area contributed by atoms with Gasteiger partial charge in [-0.1, -0.05) is 43.6 Å². The van der Waals surface area contributed by atoms with Crippen LogP contribution in [0.3, 0.4) is 0 Å². The molecule has 1 aliphatic rings. The second-order valence-corrected chi connectivity index (χ2v) is 11.6. The van der Waals surface area contributed by atoms with Gasteiger partial charge >= 0.3 is 0 Å². The van der Waals surface area contributed by atoms with Gasteiger partial charge in [0.2, 0.25) is 0 Å². The van der Waals surface area contributed by atoms with E-state index in [0.717, 1.165) is 16.9 Å². The molecule has 2 unspecified atom stereocenters. The normalized spacial score (nSPS) is 22.8. The largest absolute Gasteiger partial charge is 0.497 e. The van der Waals surface area contributed by atoms with Crippen molar-refractivity contribution in [3.63, 3.8) is 0 Å². The lowest BCUT2D eigenvalue weighted by molar-refractivity contribution is 0.00684. The van der Waals surface area contributed by atoms with E-state index in [-0.39, 0.29) is 5.92 Å². The van der Waals surface area contributed by atoms with Crippen LogP contribution in [0, 0.1) is 29.7 Å². The summed E-state index contributed by atoms with van der Waals surface area (Å²) < 4.78 is 11.2. The SMILES string of the molecule is C#CC1C=C(OC)C=CC1(OC)c1cccc(C#C[Si](C)(C)C)c1. The maximum absolute atomic E-state index is 5.89. The first-order chi connectivity index (χ1) is 11.3. The molecule has 24 heavy (non-hydrogen) atoms. The minimum Gasteiger partial charge on any atom is -0.497 e. The summed E-state index contributed by atoms with van der Waals surface area (Å²) in [6, 6.07) is 8.12. The van der Waals surface area contributed by atoms with Gasteiger partial charge in [0.15, 0.2) is 0 Å². The van der Waals surface area contributed by atoms with Crippen LogP contribution >= 0.6 is 0 Å². The number of ether oxygens (including phenoxy) is 2. The van der Waals surface area contributed by atoms with Crippen molar-refractivity contribution in [2.75, 3.05) is 14.2 Å². The van der Waals surface area contributed by atoms with Crippen molar-refractivity contribution in [1.82, 2.24) is 0 Å². The number of methoxy groups -OCH3 is 2. The van der Waals surface area contributed by atoms with Crippen molar-refractivity contribution in [1.29, 1.82) is 0 Å². The highest BCUT2D eigenvalue weighted by molar-refractivity contribution is 6.83. The molecule has 2 atom stereocenters. The summed E-state index contributed by atoms with van der Waals surface area (Å²) in [5, 5.41) is 0. The van der Waals surface area contributed by atoms with Gasteiger partial charge in [-0.15, -0.1) is 12.0 Å². The summed E-state index contributed by atoms with van der Waals surface area (Å²) in [5.41, 5.74) is 4.68. The van der Waals surface area contributed by atoms with Gasteiger partial charge in [-0.05, 0) is 35.9 Å². The van der Waals surface area contributed by atoms with Crippen molar-refractivity contribution in [3.8, 4) is 23.8 Å². The van der Waals surface area contributed by atoms with Gasteiger partial charge in [-0.2, -0.15) is 0 Å². The first kappa shape index (κ1) is 18.1. The molecule has 0 spiro atoms. The molecule has 3 heteroatoms. The molecule has 0 heterocycles. The van der Waals surface area contributed by atoms with Crippen LogP contribution in [0.1, 0.15) is 11.1 Å². The van der Waals surface area contributed by atoms with Gasteiger partial charge in [0.1, 0.15) is 19.4 Å². The molecular weight excluding hydrogens is 312 g/mol. The highest BCUT2D eigenvalue weighted by Crippen LogP contribution is 2.39. The van der Waals surface area contributed by atoms with Gasteiger partial charge in [0.05, 0.1) is 13.0 Å². The third kappa shape index (κ3) is 3.82. The predicted molar refractivity (Wildman–Crippen MR) is 102 cm³/mol. The Labute approximate surface area is 146 Å². The molecule has 2 rings (SSSR count). The maximum Gasteiger partial charge on any atom is 0.129 e. The molecule has 0 saturated heterocycles. The van der Waals surface area contributed by atoms with Gasteiger partial charge < -0.3 is 9.47 Å². The monoisotopic (exact) mass is 336 g/mol. The molecular formula is C21H24O2Si. The minimum absolute atomic E-state index is 0.248. The van der Waals surface area contributed by atoms with E-state index in [4.69, 9.17) is 15.9 Å². The molecule has 0 radical (unpaired) electrons. The van der Waals surface area contributed by atoms with Gasteiger partial charge in [0, 0.05) is 12.7 Å². The summed E-state index contributed by atoms with van der Waals surface area (Å²) >= 11 is 0. The third-order valence-electron chi connectivity index (χ3n) is 3.94. The van der Waals surface area contributed by atoms with Crippen LogP contribution in [0.5, 0.6) is 0 Å². The molecule has 0 N–H and O–H groups in total. The van der Waals surface area contributed by atoms with Gasteiger partial charge in [-0.25, -0.2) is 0 Å². The highest BCUT2D eigenvalue weighted by atomic mass is 28.3. The van der Waals surface area contributed by atoms with E-state index in [0.29, 0.717) is 0 Å². The van der Waals surface area contributed by atoms with E-state index in [1.165, 1.54) is 0 Å². The number of hydrogen-bond donors (Lipinski definition) is 0. The number of rotatable bonds is 3. The van der Waals surface area contributed by atoms with Crippen LogP contribution in [-0.4, -0.2) is 22.3 Å². The van der Waals surface area contributed by atoms with Crippen molar-refractivity contribution in [2.45, 2.75) is 25.2 Å². The topological polar surface area (TPSA) is 18.5 Å². The zero-order valence-electron chi connectivity index (χ0n) is 15.0. The number of terminal acetylenes is 1. The Morgan fingerprint density at radius 1 is 1.21 bits per heavy atom. The lowest BCUT2D eigenvalue weighted by Crippen LogP contribution is -2.35. The highest BCUT2D eigenvalue weighted by Gasteiger charge is 2.39. The van der Waals surface area contributed by atoms with Crippen molar-refractivity contribution in [3.05, 3.63) is 59.4 Å². The molecule has 0 saturated carbocycles. The average molecular weight is 337 g/mol. The Bertz CT molecular complexity index is 765. The fourth-order valence-corrected chi connectivity index (χ4v) is 3.17. The lowest BCUT2D eigenvalue weighted by Gasteiger charge is -2.36. The quantitative estimate of drug-likeness (QED) is 0.611. The fraction of sp³-hybridized carbons (Fsp3) is 0.333. The summed E-state index contributed by atoms with van der Waals surface area (Å²) in [4.78, 5) is 0. The molecule has 1 aromatic rings. The minimum atomic E-state index is -1.42. The van der Waals surface area contributed by atoms with Crippen molar-refractivity contribution >= 4 is 8.07 Å². The molecule has 124 valence electrons. The van der Waals surface area contributed by atoms with E-state index in [1.54, 1.807) is 14.2 Å². The number of hydrogen-bond acceptors (Lipinski definition) is 2. The number of allylic oxidation sites excluding steroid dienone is 1. The van der Waals surface area contributed by atoms with E-state index < -0.39 is 13.7 Å². The summed E-state index contributed by atoms with van der Waals surface area (Å²) in [6.07, 6.45) is 11.6. The molecule has 0 amide bonds. The van der Waals surface area contributed by atoms with Crippen LogP contribution in [0.4, 0.5) is 0 Å². The van der Waals surface area contributed by atoms with E-state index in [9.17, 15) is 0 Å². The fourth-order valence-electron chi connectivity index (χ4n) is 2.65. The molecule has 0 aliphatic heterocycles. The average Bonchev–Trinajstić information content (AvgIpc) is 2.59. The summed E-state index contributed by atoms with van der Waals surface area (Å²) in [7, 11) is 1.89. The summed E-state index contributed by atoms with van der Waals surface area (Å²) in [5.74, 6) is 6.62. The van der Waals surface area contributed by atoms with E-state index in [1.807, 2.05) is 36.4 Å². The number of benzene rings is 1. The Morgan fingerprint density at radius 2 is 1.96 bits per heavy atom. The predicted octanol–water partition coefficient (Wildman–Crippen LogP) is 4.11. The lowest BCUT2D eigenvalue weighted by atomic mass is 9.78. The van der Waals surface area contributed by atoms with E-state index >= 15 is 0 Å². The van der Waals surface area contributed by atoms with Crippen LogP contribution in [0.2, 0.25) is 19.6 Å². The van der Waals surface area contributed by atoms with Crippen LogP contribution in [0.15, 0.2) is 48.3 Å². The van der Waals surface area contributed by atoms with Crippen LogP contribution in [0.25, 0.3) is 0 Å². The molecule has 0 bridgehead atoms. The van der Waals surface area contributed by atoms with Gasteiger partial charge in [-0.3, -0.25) is 0 Å². The van der Waals surface area contributed by atoms with Crippen LogP contribution in [-0.2, 0) is 15.1 Å². The zero-order chi connectivity index (χ0) is 17.8. The van der Waals surface area contributed by atoms with Gasteiger partial charge in [0.25, 0.3) is 0 Å².